The highest BCUT2D eigenvalue weighted by atomic mass is 35.5. The van der Waals surface area contributed by atoms with Crippen molar-refractivity contribution in [2.45, 2.75) is 20.0 Å². The molecule has 1 aliphatic rings. The number of aryl methyl sites for hydroxylation is 1. The van der Waals surface area contributed by atoms with Gasteiger partial charge in [0.25, 0.3) is 5.56 Å². The van der Waals surface area contributed by atoms with Crippen molar-refractivity contribution in [1.82, 2.24) is 19.6 Å². The van der Waals surface area contributed by atoms with Crippen LogP contribution in [0.4, 0.5) is 4.39 Å². The molecule has 31 heavy (non-hydrogen) atoms. The molecule has 7 heteroatoms. The normalized spacial score (nSPS) is 15.4. The number of hydrogen-bond donors (Lipinski definition) is 0. The third kappa shape index (κ3) is 5.21. The highest BCUT2D eigenvalue weighted by molar-refractivity contribution is 6.30. The monoisotopic (exact) mass is 440 g/mol. The quantitative estimate of drug-likeness (QED) is 0.605. The molecule has 1 saturated heterocycles. The lowest BCUT2D eigenvalue weighted by molar-refractivity contribution is 0.147. The Labute approximate surface area is 186 Å². The standard InChI is InChI=1S/C24H26ClFN4O/c1-17-13-19(5-8-22(17)26)23-14-20(16-29-11-9-28(2)10-12-29)24(31)30(27-23)15-18-3-6-21(25)7-4-18/h3-8,13-14H,9-12,15-16H2,1-2H3. The summed E-state index contributed by atoms with van der Waals surface area (Å²) in [5.41, 5.74) is 3.55. The number of likely N-dealkylation sites (N-methyl/N-ethyl adjacent to an activating group) is 1. The Bertz CT molecular complexity index is 1120. The van der Waals surface area contributed by atoms with Crippen LogP contribution in [0.5, 0.6) is 0 Å². The second kappa shape index (κ2) is 9.30. The van der Waals surface area contributed by atoms with E-state index in [1.165, 1.54) is 10.7 Å². The Balaban J connectivity index is 1.72. The number of aromatic nitrogens is 2. The number of piperazine rings is 1. The topological polar surface area (TPSA) is 41.4 Å². The van der Waals surface area contributed by atoms with Crippen LogP contribution < -0.4 is 5.56 Å². The zero-order valence-corrected chi connectivity index (χ0v) is 18.6. The van der Waals surface area contributed by atoms with Gasteiger partial charge in [-0.1, -0.05) is 23.7 Å². The summed E-state index contributed by atoms with van der Waals surface area (Å²) in [5.74, 6) is -0.254. The average molecular weight is 441 g/mol. The van der Waals surface area contributed by atoms with Crippen LogP contribution >= 0.6 is 11.6 Å². The molecule has 1 aromatic heterocycles. The lowest BCUT2D eigenvalue weighted by Crippen LogP contribution is -2.45. The Morgan fingerprint density at radius 1 is 1.00 bits per heavy atom. The van der Waals surface area contributed by atoms with Gasteiger partial charge in [-0.3, -0.25) is 9.69 Å². The molecular formula is C24H26ClFN4O. The molecule has 2 heterocycles. The minimum atomic E-state index is -0.254. The van der Waals surface area contributed by atoms with Crippen LogP contribution in [0.15, 0.2) is 53.3 Å². The van der Waals surface area contributed by atoms with E-state index in [2.05, 4.69) is 21.9 Å². The minimum absolute atomic E-state index is 0.100. The van der Waals surface area contributed by atoms with E-state index in [1.807, 2.05) is 18.2 Å². The smallest absolute Gasteiger partial charge is 0.271 e. The van der Waals surface area contributed by atoms with E-state index >= 15 is 0 Å². The third-order valence-electron chi connectivity index (χ3n) is 5.74. The summed E-state index contributed by atoms with van der Waals surface area (Å²) in [6.07, 6.45) is 0. The van der Waals surface area contributed by atoms with Crippen molar-refractivity contribution in [2.75, 3.05) is 33.2 Å². The summed E-state index contributed by atoms with van der Waals surface area (Å²) >= 11 is 6.00. The highest BCUT2D eigenvalue weighted by Crippen LogP contribution is 2.21. The molecule has 0 aliphatic carbocycles. The van der Waals surface area contributed by atoms with Crippen LogP contribution in [0, 0.1) is 12.7 Å². The summed E-state index contributed by atoms with van der Waals surface area (Å²) in [5, 5.41) is 5.27. The second-order valence-corrected chi connectivity index (χ2v) is 8.62. The molecule has 3 aromatic rings. The predicted octanol–water partition coefficient (Wildman–Crippen LogP) is 3.81. The molecule has 0 atom stereocenters. The molecule has 0 amide bonds. The van der Waals surface area contributed by atoms with Gasteiger partial charge in [0.1, 0.15) is 5.82 Å². The van der Waals surface area contributed by atoms with E-state index in [0.29, 0.717) is 34.9 Å². The summed E-state index contributed by atoms with van der Waals surface area (Å²) < 4.78 is 15.3. The molecule has 1 aliphatic heterocycles. The summed E-state index contributed by atoms with van der Waals surface area (Å²) in [6.45, 7) is 6.44. The van der Waals surface area contributed by atoms with Gasteiger partial charge in [-0.25, -0.2) is 9.07 Å². The average Bonchev–Trinajstić information content (AvgIpc) is 2.76. The fourth-order valence-corrected chi connectivity index (χ4v) is 3.90. The van der Waals surface area contributed by atoms with Crippen LogP contribution in [0.2, 0.25) is 5.02 Å². The minimum Gasteiger partial charge on any atom is -0.304 e. The molecule has 5 nitrogen and oxygen atoms in total. The SMILES string of the molecule is Cc1cc(-c2cc(CN3CCN(C)CC3)c(=O)n(Cc3ccc(Cl)cc3)n2)ccc1F. The van der Waals surface area contributed by atoms with Gasteiger partial charge in [0, 0.05) is 48.9 Å². The predicted molar refractivity (Wildman–Crippen MR) is 122 cm³/mol. The largest absolute Gasteiger partial charge is 0.304 e. The van der Waals surface area contributed by atoms with Gasteiger partial charge >= 0.3 is 0 Å². The maximum absolute atomic E-state index is 13.8. The highest BCUT2D eigenvalue weighted by Gasteiger charge is 2.18. The number of nitrogens with zero attached hydrogens (tertiary/aromatic N) is 4. The van der Waals surface area contributed by atoms with Gasteiger partial charge in [0.2, 0.25) is 0 Å². The van der Waals surface area contributed by atoms with Crippen molar-refractivity contribution in [3.05, 3.63) is 86.4 Å². The van der Waals surface area contributed by atoms with Gasteiger partial charge in [0.05, 0.1) is 12.2 Å². The Kier molecular flexibility index (Phi) is 6.51. The molecule has 2 aromatic carbocycles. The van der Waals surface area contributed by atoms with Crippen molar-refractivity contribution in [3.8, 4) is 11.3 Å². The van der Waals surface area contributed by atoms with Gasteiger partial charge in [-0.2, -0.15) is 5.10 Å². The molecular weight excluding hydrogens is 415 g/mol. The first-order valence-electron chi connectivity index (χ1n) is 10.4. The van der Waals surface area contributed by atoms with E-state index in [4.69, 9.17) is 11.6 Å². The van der Waals surface area contributed by atoms with Gasteiger partial charge in [-0.15, -0.1) is 0 Å². The molecule has 0 saturated carbocycles. The molecule has 162 valence electrons. The van der Waals surface area contributed by atoms with Crippen LogP contribution in [0.3, 0.4) is 0 Å². The lowest BCUT2D eigenvalue weighted by atomic mass is 10.1. The maximum atomic E-state index is 13.8. The first kappa shape index (κ1) is 21.7. The Hall–Kier alpha value is -2.54. The molecule has 0 unspecified atom stereocenters. The summed E-state index contributed by atoms with van der Waals surface area (Å²) in [4.78, 5) is 17.8. The molecule has 4 rings (SSSR count). The van der Waals surface area contributed by atoms with Gasteiger partial charge < -0.3 is 4.90 Å². The van der Waals surface area contributed by atoms with Crippen molar-refractivity contribution in [1.29, 1.82) is 0 Å². The maximum Gasteiger partial charge on any atom is 0.271 e. The first-order valence-corrected chi connectivity index (χ1v) is 10.8. The van der Waals surface area contributed by atoms with Crippen molar-refractivity contribution in [2.24, 2.45) is 0 Å². The Morgan fingerprint density at radius 3 is 2.39 bits per heavy atom. The number of halogens is 2. The van der Waals surface area contributed by atoms with E-state index in [9.17, 15) is 9.18 Å². The van der Waals surface area contributed by atoms with Crippen LogP contribution in [-0.2, 0) is 13.1 Å². The fourth-order valence-electron chi connectivity index (χ4n) is 3.77. The van der Waals surface area contributed by atoms with E-state index < -0.39 is 0 Å². The van der Waals surface area contributed by atoms with Gasteiger partial charge in [-0.05, 0) is 61.5 Å². The number of benzene rings is 2. The zero-order chi connectivity index (χ0) is 22.0. The first-order chi connectivity index (χ1) is 14.9. The Morgan fingerprint density at radius 2 is 1.71 bits per heavy atom. The number of rotatable bonds is 5. The van der Waals surface area contributed by atoms with Crippen molar-refractivity contribution < 1.29 is 4.39 Å². The molecule has 0 N–H and O–H groups in total. The van der Waals surface area contributed by atoms with Crippen LogP contribution in [0.1, 0.15) is 16.7 Å². The fraction of sp³-hybridized carbons (Fsp3) is 0.333. The molecule has 0 spiro atoms. The third-order valence-corrected chi connectivity index (χ3v) is 5.99. The van der Waals surface area contributed by atoms with Gasteiger partial charge in [0.15, 0.2) is 0 Å². The van der Waals surface area contributed by atoms with Crippen molar-refractivity contribution >= 4 is 11.6 Å². The zero-order valence-electron chi connectivity index (χ0n) is 17.8. The van der Waals surface area contributed by atoms with E-state index in [0.717, 1.165) is 37.3 Å². The summed E-state index contributed by atoms with van der Waals surface area (Å²) in [6, 6.07) is 14.2. The number of hydrogen-bond acceptors (Lipinski definition) is 4. The summed E-state index contributed by atoms with van der Waals surface area (Å²) in [7, 11) is 2.11. The second-order valence-electron chi connectivity index (χ2n) is 8.19. The van der Waals surface area contributed by atoms with Crippen molar-refractivity contribution in [3.63, 3.8) is 0 Å². The van der Waals surface area contributed by atoms with E-state index in [-0.39, 0.29) is 11.4 Å². The molecule has 1 fully saturated rings. The molecule has 0 radical (unpaired) electrons. The van der Waals surface area contributed by atoms with E-state index in [1.54, 1.807) is 31.2 Å². The lowest BCUT2D eigenvalue weighted by Gasteiger charge is -2.32. The van der Waals surface area contributed by atoms with Crippen LogP contribution in [0.25, 0.3) is 11.3 Å². The van der Waals surface area contributed by atoms with Crippen LogP contribution in [-0.4, -0.2) is 52.8 Å². The molecule has 0 bridgehead atoms.